The zero-order chi connectivity index (χ0) is 13.0. The van der Waals surface area contributed by atoms with Crippen LogP contribution in [0.1, 0.15) is 34.7 Å². The topological polar surface area (TPSA) is 12.0 Å². The van der Waals surface area contributed by atoms with E-state index >= 15 is 0 Å². The average molecular weight is 280 g/mol. The molecule has 1 nitrogen and oxygen atoms in total. The van der Waals surface area contributed by atoms with Crippen LogP contribution in [0.3, 0.4) is 0 Å². The van der Waals surface area contributed by atoms with Crippen LogP contribution in [0.4, 0.5) is 0 Å². The molecule has 0 radical (unpaired) electrons. The minimum atomic E-state index is 0.367. The molecule has 0 saturated carbocycles. The van der Waals surface area contributed by atoms with E-state index in [-0.39, 0.29) is 0 Å². The third-order valence-electron chi connectivity index (χ3n) is 2.98. The molecule has 0 fully saturated rings. The number of thiophene rings is 1. The molecule has 1 N–H and O–H groups in total. The van der Waals surface area contributed by atoms with E-state index in [9.17, 15) is 0 Å². The summed E-state index contributed by atoms with van der Waals surface area (Å²) < 4.78 is 0. The fourth-order valence-corrected chi connectivity index (χ4v) is 3.07. The summed E-state index contributed by atoms with van der Waals surface area (Å²) in [5, 5.41) is 4.40. The van der Waals surface area contributed by atoms with Gasteiger partial charge in [0, 0.05) is 27.4 Å². The second-order valence-corrected chi connectivity index (χ2v) is 6.22. The average Bonchev–Trinajstić information content (AvgIpc) is 2.76. The predicted molar refractivity (Wildman–Crippen MR) is 80.4 cm³/mol. The van der Waals surface area contributed by atoms with E-state index in [2.05, 4.69) is 37.4 Å². The summed E-state index contributed by atoms with van der Waals surface area (Å²) in [4.78, 5) is 2.75. The summed E-state index contributed by atoms with van der Waals surface area (Å²) >= 11 is 7.89. The molecular weight excluding hydrogens is 262 g/mol. The van der Waals surface area contributed by atoms with Crippen molar-refractivity contribution in [2.75, 3.05) is 0 Å². The Morgan fingerprint density at radius 1 is 1.28 bits per heavy atom. The van der Waals surface area contributed by atoms with Crippen LogP contribution in [0.5, 0.6) is 0 Å². The van der Waals surface area contributed by atoms with Gasteiger partial charge in [-0.1, -0.05) is 30.7 Å². The molecule has 0 saturated heterocycles. The molecule has 2 aromatic rings. The number of aryl methyl sites for hydroxylation is 1. The fraction of sp³-hybridized carbons (Fsp3) is 0.333. The largest absolute Gasteiger partial charge is 0.305 e. The first-order chi connectivity index (χ1) is 8.69. The Bertz CT molecular complexity index is 507. The lowest BCUT2D eigenvalue weighted by Crippen LogP contribution is -2.19. The Morgan fingerprint density at radius 3 is 2.72 bits per heavy atom. The van der Waals surface area contributed by atoms with E-state index in [0.29, 0.717) is 6.04 Å². The van der Waals surface area contributed by atoms with Gasteiger partial charge >= 0.3 is 0 Å². The second kappa shape index (κ2) is 6.37. The summed E-state index contributed by atoms with van der Waals surface area (Å²) in [6.45, 7) is 5.25. The summed E-state index contributed by atoms with van der Waals surface area (Å²) in [5.41, 5.74) is 1.26. The summed E-state index contributed by atoms with van der Waals surface area (Å²) in [7, 11) is 0. The van der Waals surface area contributed by atoms with E-state index in [4.69, 9.17) is 11.6 Å². The highest BCUT2D eigenvalue weighted by Gasteiger charge is 2.09. The van der Waals surface area contributed by atoms with Crippen molar-refractivity contribution in [3.8, 4) is 0 Å². The first-order valence-electron chi connectivity index (χ1n) is 6.23. The Labute approximate surface area is 118 Å². The van der Waals surface area contributed by atoms with Gasteiger partial charge in [0.15, 0.2) is 0 Å². The number of nitrogens with one attached hydrogen (secondary N) is 1. The van der Waals surface area contributed by atoms with Gasteiger partial charge in [0.25, 0.3) is 0 Å². The van der Waals surface area contributed by atoms with Crippen molar-refractivity contribution in [3.05, 3.63) is 56.7 Å². The number of hydrogen-bond donors (Lipinski definition) is 1. The summed E-state index contributed by atoms with van der Waals surface area (Å²) in [5.74, 6) is 0. The highest BCUT2D eigenvalue weighted by Crippen LogP contribution is 2.22. The monoisotopic (exact) mass is 279 g/mol. The first kappa shape index (κ1) is 13.6. The van der Waals surface area contributed by atoms with Gasteiger partial charge in [-0.05, 0) is 43.2 Å². The van der Waals surface area contributed by atoms with E-state index in [0.717, 1.165) is 18.0 Å². The standard InChI is InChI=1S/C15H18ClNS/c1-3-15(12-5-4-6-13(16)9-12)17-10-14-8-7-11(2)18-14/h4-9,15,17H,3,10H2,1-2H3/t15-/m1/s1. The molecule has 1 aromatic heterocycles. The highest BCUT2D eigenvalue weighted by molar-refractivity contribution is 7.11. The molecule has 0 aliphatic rings. The maximum Gasteiger partial charge on any atom is 0.0409 e. The molecule has 0 amide bonds. The van der Waals surface area contributed by atoms with Crippen molar-refractivity contribution >= 4 is 22.9 Å². The van der Waals surface area contributed by atoms with Gasteiger partial charge in [0.2, 0.25) is 0 Å². The molecule has 3 heteroatoms. The minimum Gasteiger partial charge on any atom is -0.305 e. The fourth-order valence-electron chi connectivity index (χ4n) is 2.03. The highest BCUT2D eigenvalue weighted by atomic mass is 35.5. The van der Waals surface area contributed by atoms with Crippen LogP contribution in [-0.4, -0.2) is 0 Å². The van der Waals surface area contributed by atoms with Crippen LogP contribution in [0.2, 0.25) is 5.02 Å². The summed E-state index contributed by atoms with van der Waals surface area (Å²) in [6, 6.07) is 12.8. The van der Waals surface area contributed by atoms with Crippen LogP contribution in [-0.2, 0) is 6.54 Å². The Balaban J connectivity index is 2.01. The van der Waals surface area contributed by atoms with Crippen molar-refractivity contribution in [1.82, 2.24) is 5.32 Å². The van der Waals surface area contributed by atoms with Crippen molar-refractivity contribution in [1.29, 1.82) is 0 Å². The van der Waals surface area contributed by atoms with Crippen molar-refractivity contribution in [3.63, 3.8) is 0 Å². The van der Waals surface area contributed by atoms with Gasteiger partial charge in [-0.3, -0.25) is 0 Å². The molecule has 1 aromatic carbocycles. The van der Waals surface area contributed by atoms with E-state index in [1.807, 2.05) is 29.5 Å². The van der Waals surface area contributed by atoms with Crippen molar-refractivity contribution in [2.24, 2.45) is 0 Å². The van der Waals surface area contributed by atoms with E-state index in [1.165, 1.54) is 15.3 Å². The molecule has 0 aliphatic carbocycles. The zero-order valence-corrected chi connectivity index (χ0v) is 12.3. The minimum absolute atomic E-state index is 0.367. The van der Waals surface area contributed by atoms with Gasteiger partial charge in [-0.25, -0.2) is 0 Å². The Kier molecular flexibility index (Phi) is 4.81. The van der Waals surface area contributed by atoms with Crippen LogP contribution in [0, 0.1) is 6.92 Å². The van der Waals surface area contributed by atoms with Crippen molar-refractivity contribution < 1.29 is 0 Å². The Hall–Kier alpha value is -0.830. The normalized spacial score (nSPS) is 12.6. The molecule has 0 aliphatic heterocycles. The van der Waals surface area contributed by atoms with Gasteiger partial charge < -0.3 is 5.32 Å². The van der Waals surface area contributed by atoms with Gasteiger partial charge in [0.1, 0.15) is 0 Å². The molecule has 96 valence electrons. The van der Waals surface area contributed by atoms with Crippen molar-refractivity contribution in [2.45, 2.75) is 32.9 Å². The maximum atomic E-state index is 6.04. The molecule has 2 rings (SSSR count). The number of hydrogen-bond acceptors (Lipinski definition) is 2. The van der Waals surface area contributed by atoms with Crippen LogP contribution in [0.25, 0.3) is 0 Å². The molecule has 0 bridgehead atoms. The third-order valence-corrected chi connectivity index (χ3v) is 4.21. The molecule has 1 heterocycles. The number of halogens is 1. The number of rotatable bonds is 5. The lowest BCUT2D eigenvalue weighted by molar-refractivity contribution is 0.522. The molecule has 1 atom stereocenters. The Morgan fingerprint density at radius 2 is 2.11 bits per heavy atom. The lowest BCUT2D eigenvalue weighted by Gasteiger charge is -2.17. The first-order valence-corrected chi connectivity index (χ1v) is 7.42. The SMILES string of the molecule is CC[C@@H](NCc1ccc(C)s1)c1cccc(Cl)c1. The smallest absolute Gasteiger partial charge is 0.0409 e. The van der Waals surface area contributed by atoms with Crippen LogP contribution in [0.15, 0.2) is 36.4 Å². The zero-order valence-electron chi connectivity index (χ0n) is 10.7. The van der Waals surface area contributed by atoms with E-state index in [1.54, 1.807) is 0 Å². The van der Waals surface area contributed by atoms with E-state index < -0.39 is 0 Å². The third kappa shape index (κ3) is 3.58. The van der Waals surface area contributed by atoms with Crippen LogP contribution >= 0.6 is 22.9 Å². The molecule has 0 spiro atoms. The number of benzene rings is 1. The second-order valence-electron chi connectivity index (χ2n) is 4.41. The molecule has 18 heavy (non-hydrogen) atoms. The quantitative estimate of drug-likeness (QED) is 0.816. The van der Waals surface area contributed by atoms with Gasteiger partial charge in [0.05, 0.1) is 0 Å². The maximum absolute atomic E-state index is 6.04. The predicted octanol–water partition coefficient (Wildman–Crippen LogP) is 4.95. The van der Waals surface area contributed by atoms with Gasteiger partial charge in [-0.15, -0.1) is 11.3 Å². The van der Waals surface area contributed by atoms with Crippen LogP contribution < -0.4 is 5.32 Å². The van der Waals surface area contributed by atoms with Gasteiger partial charge in [-0.2, -0.15) is 0 Å². The summed E-state index contributed by atoms with van der Waals surface area (Å²) in [6.07, 6.45) is 1.06. The lowest BCUT2D eigenvalue weighted by atomic mass is 10.0. The molecule has 0 unspecified atom stereocenters. The molecular formula is C15H18ClNS.